The van der Waals surface area contributed by atoms with Crippen molar-refractivity contribution in [2.45, 2.75) is 32.0 Å². The Labute approximate surface area is 105 Å². The summed E-state index contributed by atoms with van der Waals surface area (Å²) in [6.07, 6.45) is 1.36. The molecule has 2 N–H and O–H groups in total. The maximum atomic E-state index is 12.2. The Morgan fingerprint density at radius 3 is 3.06 bits per heavy atom. The summed E-state index contributed by atoms with van der Waals surface area (Å²) in [6.45, 7) is 2.89. The van der Waals surface area contributed by atoms with E-state index in [-0.39, 0.29) is 18.4 Å². The SMILES string of the molecule is CC1CNC(CC(=O)O)C(=O)N1Cc1ccco1. The average molecular weight is 252 g/mol. The number of carboxylic acid groups (broad SMARTS) is 1. The van der Waals surface area contributed by atoms with Crippen LogP contribution in [0.15, 0.2) is 22.8 Å². The van der Waals surface area contributed by atoms with Crippen LogP contribution in [0.5, 0.6) is 0 Å². The number of carbonyl (C=O) groups is 2. The smallest absolute Gasteiger partial charge is 0.305 e. The number of aliphatic carboxylic acids is 1. The minimum absolute atomic E-state index is 0.0210. The number of nitrogens with one attached hydrogen (secondary N) is 1. The molecular weight excluding hydrogens is 236 g/mol. The van der Waals surface area contributed by atoms with Crippen LogP contribution in [-0.2, 0) is 16.1 Å². The van der Waals surface area contributed by atoms with Crippen molar-refractivity contribution in [1.82, 2.24) is 10.2 Å². The molecule has 1 aliphatic heterocycles. The molecule has 6 heteroatoms. The first-order valence-corrected chi connectivity index (χ1v) is 5.86. The summed E-state index contributed by atoms with van der Waals surface area (Å²) in [5.74, 6) is -0.466. The maximum absolute atomic E-state index is 12.2. The highest BCUT2D eigenvalue weighted by Gasteiger charge is 2.34. The number of nitrogens with zero attached hydrogens (tertiary/aromatic N) is 1. The molecule has 18 heavy (non-hydrogen) atoms. The second-order valence-corrected chi connectivity index (χ2v) is 4.45. The maximum Gasteiger partial charge on any atom is 0.305 e. The Morgan fingerprint density at radius 2 is 2.44 bits per heavy atom. The molecule has 2 heterocycles. The van der Waals surface area contributed by atoms with Crippen LogP contribution >= 0.6 is 0 Å². The first-order valence-electron chi connectivity index (χ1n) is 5.86. The van der Waals surface area contributed by atoms with Gasteiger partial charge in [0.15, 0.2) is 0 Å². The van der Waals surface area contributed by atoms with Gasteiger partial charge in [-0.3, -0.25) is 9.59 Å². The van der Waals surface area contributed by atoms with Gasteiger partial charge in [0.05, 0.1) is 25.3 Å². The fraction of sp³-hybridized carbons (Fsp3) is 0.500. The standard InChI is InChI=1S/C12H16N2O4/c1-8-6-13-10(5-11(15)16)12(17)14(8)7-9-3-2-4-18-9/h2-4,8,10,13H,5-7H2,1H3,(H,15,16). The molecule has 6 nitrogen and oxygen atoms in total. The van der Waals surface area contributed by atoms with Crippen LogP contribution in [0.25, 0.3) is 0 Å². The number of amides is 1. The van der Waals surface area contributed by atoms with Crippen LogP contribution in [0.3, 0.4) is 0 Å². The second-order valence-electron chi connectivity index (χ2n) is 4.45. The van der Waals surface area contributed by atoms with E-state index in [4.69, 9.17) is 9.52 Å². The molecule has 0 spiro atoms. The van der Waals surface area contributed by atoms with Gasteiger partial charge in [0.2, 0.25) is 5.91 Å². The summed E-state index contributed by atoms with van der Waals surface area (Å²) >= 11 is 0. The highest BCUT2D eigenvalue weighted by atomic mass is 16.4. The van der Waals surface area contributed by atoms with E-state index in [1.807, 2.05) is 6.92 Å². The highest BCUT2D eigenvalue weighted by molar-refractivity contribution is 5.87. The van der Waals surface area contributed by atoms with E-state index in [2.05, 4.69) is 5.32 Å². The van der Waals surface area contributed by atoms with Crippen LogP contribution < -0.4 is 5.32 Å². The van der Waals surface area contributed by atoms with Crippen molar-refractivity contribution in [3.05, 3.63) is 24.2 Å². The zero-order valence-electron chi connectivity index (χ0n) is 10.1. The highest BCUT2D eigenvalue weighted by Crippen LogP contribution is 2.15. The lowest BCUT2D eigenvalue weighted by atomic mass is 10.1. The van der Waals surface area contributed by atoms with Gasteiger partial charge < -0.3 is 19.7 Å². The molecule has 0 aromatic carbocycles. The van der Waals surface area contributed by atoms with Gasteiger partial charge in [-0.15, -0.1) is 0 Å². The molecular formula is C12H16N2O4. The third-order valence-corrected chi connectivity index (χ3v) is 3.06. The third kappa shape index (κ3) is 2.70. The summed E-state index contributed by atoms with van der Waals surface area (Å²) in [4.78, 5) is 24.5. The first-order chi connectivity index (χ1) is 8.58. The number of carboxylic acids is 1. The number of rotatable bonds is 4. The van der Waals surface area contributed by atoms with Crippen molar-refractivity contribution in [2.75, 3.05) is 6.54 Å². The summed E-state index contributed by atoms with van der Waals surface area (Å²) in [7, 11) is 0. The van der Waals surface area contributed by atoms with Gasteiger partial charge in [0.1, 0.15) is 5.76 Å². The molecule has 1 aliphatic rings. The lowest BCUT2D eigenvalue weighted by molar-refractivity contribution is -0.146. The molecule has 0 saturated carbocycles. The molecule has 1 fully saturated rings. The summed E-state index contributed by atoms with van der Waals surface area (Å²) in [5.41, 5.74) is 0. The van der Waals surface area contributed by atoms with E-state index in [0.29, 0.717) is 18.8 Å². The van der Waals surface area contributed by atoms with E-state index in [1.54, 1.807) is 23.3 Å². The van der Waals surface area contributed by atoms with Crippen molar-refractivity contribution in [1.29, 1.82) is 0 Å². The summed E-state index contributed by atoms with van der Waals surface area (Å²) in [6, 6.07) is 2.94. The van der Waals surface area contributed by atoms with Gasteiger partial charge in [-0.1, -0.05) is 0 Å². The van der Waals surface area contributed by atoms with Gasteiger partial charge >= 0.3 is 5.97 Å². The van der Waals surface area contributed by atoms with Crippen LogP contribution in [0.2, 0.25) is 0 Å². The average Bonchev–Trinajstić information content (AvgIpc) is 2.81. The molecule has 2 atom stereocenters. The minimum Gasteiger partial charge on any atom is -0.481 e. The zero-order valence-corrected chi connectivity index (χ0v) is 10.1. The van der Waals surface area contributed by atoms with Gasteiger partial charge in [-0.2, -0.15) is 0 Å². The lowest BCUT2D eigenvalue weighted by Crippen LogP contribution is -2.59. The van der Waals surface area contributed by atoms with E-state index in [0.717, 1.165) is 0 Å². The van der Waals surface area contributed by atoms with Crippen LogP contribution in [-0.4, -0.2) is 40.5 Å². The molecule has 0 radical (unpaired) electrons. The van der Waals surface area contributed by atoms with Crippen molar-refractivity contribution in [2.24, 2.45) is 0 Å². The van der Waals surface area contributed by atoms with Gasteiger partial charge in [-0.25, -0.2) is 0 Å². The van der Waals surface area contributed by atoms with E-state index >= 15 is 0 Å². The predicted molar refractivity (Wildman–Crippen MR) is 62.8 cm³/mol. The Bertz CT molecular complexity index is 429. The van der Waals surface area contributed by atoms with E-state index in [9.17, 15) is 9.59 Å². The Morgan fingerprint density at radius 1 is 1.67 bits per heavy atom. The predicted octanol–water partition coefficient (Wildman–Crippen LogP) is 0.443. The number of hydrogen-bond donors (Lipinski definition) is 2. The largest absolute Gasteiger partial charge is 0.481 e. The molecule has 0 aliphatic carbocycles. The molecule has 2 rings (SSSR count). The Balaban J connectivity index is 2.06. The molecule has 1 aromatic rings. The molecule has 1 aromatic heterocycles. The first kappa shape index (κ1) is 12.6. The normalized spacial score (nSPS) is 24.3. The van der Waals surface area contributed by atoms with Crippen molar-refractivity contribution < 1.29 is 19.1 Å². The number of furan rings is 1. The van der Waals surface area contributed by atoms with Crippen LogP contribution in [0, 0.1) is 0 Å². The van der Waals surface area contributed by atoms with E-state index < -0.39 is 12.0 Å². The fourth-order valence-electron chi connectivity index (χ4n) is 2.07. The Kier molecular flexibility index (Phi) is 3.66. The number of carbonyl (C=O) groups excluding carboxylic acids is 1. The molecule has 2 unspecified atom stereocenters. The van der Waals surface area contributed by atoms with Crippen molar-refractivity contribution in [3.63, 3.8) is 0 Å². The molecule has 1 saturated heterocycles. The molecule has 98 valence electrons. The molecule has 1 amide bonds. The summed E-state index contributed by atoms with van der Waals surface area (Å²) in [5, 5.41) is 11.7. The third-order valence-electron chi connectivity index (χ3n) is 3.06. The van der Waals surface area contributed by atoms with Gasteiger partial charge in [0.25, 0.3) is 0 Å². The fourth-order valence-corrected chi connectivity index (χ4v) is 2.07. The Hall–Kier alpha value is -1.82. The second kappa shape index (κ2) is 5.22. The lowest BCUT2D eigenvalue weighted by Gasteiger charge is -2.37. The summed E-state index contributed by atoms with van der Waals surface area (Å²) < 4.78 is 5.22. The minimum atomic E-state index is -0.978. The van der Waals surface area contributed by atoms with Crippen LogP contribution in [0.4, 0.5) is 0 Å². The van der Waals surface area contributed by atoms with Crippen molar-refractivity contribution >= 4 is 11.9 Å². The number of hydrogen-bond acceptors (Lipinski definition) is 4. The zero-order chi connectivity index (χ0) is 13.1. The number of piperazine rings is 1. The topological polar surface area (TPSA) is 82.8 Å². The van der Waals surface area contributed by atoms with Gasteiger partial charge in [0, 0.05) is 12.6 Å². The van der Waals surface area contributed by atoms with E-state index in [1.165, 1.54) is 0 Å². The van der Waals surface area contributed by atoms with Crippen molar-refractivity contribution in [3.8, 4) is 0 Å². The molecule has 0 bridgehead atoms. The monoisotopic (exact) mass is 252 g/mol. The quantitative estimate of drug-likeness (QED) is 0.812. The van der Waals surface area contributed by atoms with Crippen LogP contribution in [0.1, 0.15) is 19.1 Å². The van der Waals surface area contributed by atoms with Gasteiger partial charge in [-0.05, 0) is 19.1 Å².